The Labute approximate surface area is 189 Å². The number of amides is 2. The van der Waals surface area contributed by atoms with Crippen molar-refractivity contribution >= 4 is 40.9 Å². The van der Waals surface area contributed by atoms with Crippen molar-refractivity contribution < 1.29 is 19.5 Å². The minimum Gasteiger partial charge on any atom is -0.481 e. The number of para-hydroxylation sites is 2. The molecule has 3 aromatic rings. The van der Waals surface area contributed by atoms with Crippen molar-refractivity contribution in [2.24, 2.45) is 0 Å². The Kier molecular flexibility index (Phi) is 4.98. The monoisotopic (exact) mass is 444 g/mol. The van der Waals surface area contributed by atoms with Gasteiger partial charge in [0.15, 0.2) is 0 Å². The van der Waals surface area contributed by atoms with E-state index in [2.05, 4.69) is 0 Å². The first-order valence-corrected chi connectivity index (χ1v) is 11.1. The van der Waals surface area contributed by atoms with Crippen molar-refractivity contribution in [2.45, 2.75) is 23.1 Å². The molecule has 1 N–H and O–H groups in total. The highest BCUT2D eigenvalue weighted by Gasteiger charge is 2.64. The highest BCUT2D eigenvalue weighted by Crippen LogP contribution is 2.58. The van der Waals surface area contributed by atoms with Gasteiger partial charge in [0.05, 0.1) is 23.9 Å². The average molecular weight is 445 g/mol. The van der Waals surface area contributed by atoms with Crippen LogP contribution in [-0.4, -0.2) is 28.1 Å². The molecule has 1 fully saturated rings. The van der Waals surface area contributed by atoms with Crippen LogP contribution in [0.15, 0.2) is 84.9 Å². The van der Waals surface area contributed by atoms with Crippen molar-refractivity contribution in [1.29, 1.82) is 0 Å². The number of anilines is 2. The maximum absolute atomic E-state index is 14.1. The van der Waals surface area contributed by atoms with Crippen LogP contribution in [0.1, 0.15) is 17.5 Å². The van der Waals surface area contributed by atoms with Crippen LogP contribution in [0.3, 0.4) is 0 Å². The van der Waals surface area contributed by atoms with Gasteiger partial charge in [0.1, 0.15) is 0 Å². The third-order valence-corrected chi connectivity index (χ3v) is 7.35. The highest BCUT2D eigenvalue weighted by molar-refractivity contribution is 8.03. The van der Waals surface area contributed by atoms with E-state index in [0.717, 1.165) is 23.0 Å². The average Bonchev–Trinajstić information content (AvgIpc) is 3.22. The number of rotatable bonds is 5. The topological polar surface area (TPSA) is 77.9 Å². The summed E-state index contributed by atoms with van der Waals surface area (Å²) in [4.78, 5) is 41.0. The molecule has 3 aromatic carbocycles. The molecule has 0 aliphatic carbocycles. The zero-order valence-electron chi connectivity index (χ0n) is 17.0. The molecule has 0 radical (unpaired) electrons. The Morgan fingerprint density at radius 3 is 2.22 bits per heavy atom. The Hall–Kier alpha value is -3.58. The predicted molar refractivity (Wildman–Crippen MR) is 123 cm³/mol. The summed E-state index contributed by atoms with van der Waals surface area (Å²) in [5.41, 5.74) is 2.98. The van der Waals surface area contributed by atoms with Crippen molar-refractivity contribution in [3.05, 3.63) is 96.1 Å². The van der Waals surface area contributed by atoms with E-state index >= 15 is 0 Å². The van der Waals surface area contributed by atoms with Crippen molar-refractivity contribution in [3.63, 3.8) is 0 Å². The summed E-state index contributed by atoms with van der Waals surface area (Å²) >= 11 is 1.13. The molecule has 6 nitrogen and oxygen atoms in total. The van der Waals surface area contributed by atoms with Gasteiger partial charge in [-0.05, 0) is 23.8 Å². The normalized spacial score (nSPS) is 21.9. The van der Waals surface area contributed by atoms with Crippen LogP contribution in [0.4, 0.5) is 11.4 Å². The fourth-order valence-electron chi connectivity index (χ4n) is 4.44. The van der Waals surface area contributed by atoms with Crippen LogP contribution in [0.5, 0.6) is 0 Å². The highest BCUT2D eigenvalue weighted by atomic mass is 32.2. The fourth-order valence-corrected chi connectivity index (χ4v) is 6.09. The van der Waals surface area contributed by atoms with E-state index in [4.69, 9.17) is 0 Å². The third kappa shape index (κ3) is 3.08. The number of carbonyl (C=O) groups excluding carboxylic acids is 2. The van der Waals surface area contributed by atoms with E-state index in [9.17, 15) is 19.5 Å². The molecule has 2 atom stereocenters. The van der Waals surface area contributed by atoms with Crippen LogP contribution in [0.25, 0.3) is 0 Å². The molecule has 2 heterocycles. The summed E-state index contributed by atoms with van der Waals surface area (Å²) in [6, 6.07) is 26.1. The van der Waals surface area contributed by atoms with Crippen LogP contribution < -0.4 is 9.80 Å². The van der Waals surface area contributed by atoms with Gasteiger partial charge in [0, 0.05) is 11.3 Å². The maximum Gasteiger partial charge on any atom is 0.305 e. The largest absolute Gasteiger partial charge is 0.481 e. The SMILES string of the molecule is O=C(O)C[C@@H]1S[C@]2(C(=O)N(Cc3ccccc3)c3ccccc32)N(c2ccccc2)C1=O. The Morgan fingerprint density at radius 2 is 1.53 bits per heavy atom. The molecule has 0 saturated carbocycles. The number of carboxylic acids is 1. The Bertz CT molecular complexity index is 1200. The zero-order chi connectivity index (χ0) is 22.3. The molecule has 32 heavy (non-hydrogen) atoms. The molecule has 5 rings (SSSR count). The van der Waals surface area contributed by atoms with Gasteiger partial charge < -0.3 is 10.0 Å². The van der Waals surface area contributed by atoms with Crippen LogP contribution in [0.2, 0.25) is 0 Å². The molecule has 2 aliphatic rings. The van der Waals surface area contributed by atoms with Gasteiger partial charge in [-0.25, -0.2) is 0 Å². The summed E-state index contributed by atoms with van der Waals surface area (Å²) in [5.74, 6) is -1.67. The van der Waals surface area contributed by atoms with Crippen molar-refractivity contribution in [3.8, 4) is 0 Å². The first-order chi connectivity index (χ1) is 15.5. The number of aliphatic carboxylic acids is 1. The van der Waals surface area contributed by atoms with E-state index < -0.39 is 16.1 Å². The summed E-state index contributed by atoms with van der Waals surface area (Å²) in [5, 5.41) is 8.55. The molecule has 2 aliphatic heterocycles. The smallest absolute Gasteiger partial charge is 0.305 e. The second kappa shape index (κ2) is 7.84. The second-order valence-corrected chi connectivity index (χ2v) is 9.15. The number of carbonyl (C=O) groups is 3. The van der Waals surface area contributed by atoms with Gasteiger partial charge in [-0.15, -0.1) is 11.8 Å². The summed E-state index contributed by atoms with van der Waals surface area (Å²) in [6.07, 6.45) is -0.345. The van der Waals surface area contributed by atoms with Gasteiger partial charge in [-0.1, -0.05) is 66.7 Å². The maximum atomic E-state index is 14.1. The molecular weight excluding hydrogens is 424 g/mol. The molecule has 0 bridgehead atoms. The predicted octanol–water partition coefficient (Wildman–Crippen LogP) is 4.01. The minimum atomic E-state index is -1.34. The lowest BCUT2D eigenvalue weighted by atomic mass is 10.0. The molecule has 1 saturated heterocycles. The molecule has 0 aromatic heterocycles. The fraction of sp³-hybridized carbons (Fsp3) is 0.160. The third-order valence-electron chi connectivity index (χ3n) is 5.78. The van der Waals surface area contributed by atoms with Gasteiger partial charge >= 0.3 is 5.97 Å². The number of hydrogen-bond donors (Lipinski definition) is 1. The molecule has 1 spiro atoms. The first kappa shape index (κ1) is 20.3. The van der Waals surface area contributed by atoms with Gasteiger partial charge in [0.25, 0.3) is 5.91 Å². The molecule has 0 unspecified atom stereocenters. The summed E-state index contributed by atoms with van der Waals surface area (Å²) < 4.78 is 0. The lowest BCUT2D eigenvalue weighted by Gasteiger charge is -2.33. The van der Waals surface area contributed by atoms with Crippen LogP contribution in [-0.2, 0) is 25.8 Å². The molecule has 2 amide bonds. The Balaban J connectivity index is 1.67. The number of benzene rings is 3. The van der Waals surface area contributed by atoms with Crippen LogP contribution >= 0.6 is 11.8 Å². The first-order valence-electron chi connectivity index (χ1n) is 10.3. The molecule has 7 heteroatoms. The lowest BCUT2D eigenvalue weighted by Crippen LogP contribution is -2.49. The second-order valence-electron chi connectivity index (χ2n) is 7.75. The summed E-state index contributed by atoms with van der Waals surface area (Å²) in [6.45, 7) is 0.361. The molecule has 160 valence electrons. The standard InChI is InChI=1S/C25H20N2O4S/c28-22(29)15-21-23(30)27(18-11-5-2-6-12-18)25(32-21)19-13-7-8-14-20(19)26(24(25)31)16-17-9-3-1-4-10-17/h1-14,21H,15-16H2,(H,28,29)/t21-,25+/m0/s1. The van der Waals surface area contributed by atoms with E-state index in [-0.39, 0.29) is 18.2 Å². The van der Waals surface area contributed by atoms with Crippen molar-refractivity contribution in [1.82, 2.24) is 0 Å². The van der Waals surface area contributed by atoms with Crippen molar-refractivity contribution in [2.75, 3.05) is 9.80 Å². The number of nitrogens with zero attached hydrogens (tertiary/aromatic N) is 2. The summed E-state index contributed by atoms with van der Waals surface area (Å²) in [7, 11) is 0. The van der Waals surface area contributed by atoms with E-state index in [1.807, 2.05) is 60.7 Å². The number of fused-ring (bicyclic) bond motifs is 2. The van der Waals surface area contributed by atoms with E-state index in [1.54, 1.807) is 29.2 Å². The lowest BCUT2D eigenvalue weighted by molar-refractivity contribution is -0.138. The van der Waals surface area contributed by atoms with E-state index in [0.29, 0.717) is 17.8 Å². The Morgan fingerprint density at radius 1 is 0.906 bits per heavy atom. The number of thioether (sulfide) groups is 1. The van der Waals surface area contributed by atoms with Gasteiger partial charge in [-0.2, -0.15) is 0 Å². The number of carboxylic acid groups (broad SMARTS) is 1. The zero-order valence-corrected chi connectivity index (χ0v) is 17.9. The van der Waals surface area contributed by atoms with Gasteiger partial charge in [-0.3, -0.25) is 19.3 Å². The van der Waals surface area contributed by atoms with Crippen LogP contribution in [0, 0.1) is 0 Å². The molecular formula is C25H20N2O4S. The van der Waals surface area contributed by atoms with Gasteiger partial charge in [0.2, 0.25) is 10.8 Å². The quantitative estimate of drug-likeness (QED) is 0.643. The van der Waals surface area contributed by atoms with E-state index in [1.165, 1.54) is 4.90 Å². The minimum absolute atomic E-state index is 0.238. The number of hydrogen-bond acceptors (Lipinski definition) is 4.